The normalized spacial score (nSPS) is 32.0. The van der Waals surface area contributed by atoms with Gasteiger partial charge in [-0.3, -0.25) is 0 Å². The molecule has 2 N–H and O–H groups in total. The number of hydrogen-bond donors (Lipinski definition) is 2. The van der Waals surface area contributed by atoms with Gasteiger partial charge in [0, 0.05) is 27.9 Å². The quantitative estimate of drug-likeness (QED) is 0.872. The van der Waals surface area contributed by atoms with Crippen LogP contribution in [-0.2, 0) is 0 Å². The number of nitrogens with zero attached hydrogens (tertiary/aromatic N) is 1. The van der Waals surface area contributed by atoms with Gasteiger partial charge in [0.05, 0.1) is 6.61 Å². The molecule has 1 aromatic heterocycles. The van der Waals surface area contributed by atoms with E-state index in [1.54, 1.807) is 11.3 Å². The third-order valence-corrected chi connectivity index (χ3v) is 6.18. The molecule has 0 bridgehead atoms. The second-order valence-electron chi connectivity index (χ2n) is 5.59. The minimum absolute atomic E-state index is 0.00879. The van der Waals surface area contributed by atoms with Gasteiger partial charge in [0.15, 0.2) is 0 Å². The summed E-state index contributed by atoms with van der Waals surface area (Å²) < 4.78 is 1.18. The van der Waals surface area contributed by atoms with E-state index in [2.05, 4.69) is 15.7 Å². The van der Waals surface area contributed by atoms with Gasteiger partial charge in [-0.1, -0.05) is 11.8 Å². The average Bonchev–Trinajstić information content (AvgIpc) is 2.93. The maximum absolute atomic E-state index is 9.70. The molecule has 0 spiro atoms. The molecule has 5 heteroatoms. The van der Waals surface area contributed by atoms with Gasteiger partial charge in [0.25, 0.3) is 0 Å². The number of aliphatic hydroxyl groups is 1. The summed E-state index contributed by atoms with van der Waals surface area (Å²) in [5.74, 6) is 0. The first-order chi connectivity index (χ1) is 8.69. The van der Waals surface area contributed by atoms with Crippen LogP contribution in [-0.4, -0.2) is 33.5 Å². The van der Waals surface area contributed by atoms with Crippen molar-refractivity contribution in [2.24, 2.45) is 0 Å². The molecule has 18 heavy (non-hydrogen) atoms. The van der Waals surface area contributed by atoms with Crippen LogP contribution in [0.5, 0.6) is 0 Å². The van der Waals surface area contributed by atoms with Crippen LogP contribution in [0.2, 0.25) is 0 Å². The average molecular weight is 284 g/mol. The Labute approximate surface area is 116 Å². The number of thioether (sulfide) groups is 1. The van der Waals surface area contributed by atoms with Crippen LogP contribution < -0.4 is 5.32 Å². The summed E-state index contributed by atoms with van der Waals surface area (Å²) in [7, 11) is 0. The van der Waals surface area contributed by atoms with Crippen molar-refractivity contribution < 1.29 is 5.11 Å². The Kier molecular flexibility index (Phi) is 3.67. The van der Waals surface area contributed by atoms with E-state index in [4.69, 9.17) is 0 Å². The van der Waals surface area contributed by atoms with Gasteiger partial charge < -0.3 is 10.4 Å². The molecule has 2 unspecified atom stereocenters. The van der Waals surface area contributed by atoms with Crippen molar-refractivity contribution in [3.05, 3.63) is 11.1 Å². The third kappa shape index (κ3) is 2.90. The standard InChI is InChI=1S/C13H20N2OS2/c1-9-7-17-12(14-9)18-11-4-5-13(6-11,8-16)15-10-2-3-10/h7,10-11,15-16H,2-6,8H2,1H3. The first-order valence-corrected chi connectivity index (χ1v) is 8.42. The SMILES string of the molecule is Cc1csc(SC2CCC(CO)(NC3CC3)C2)n1. The van der Waals surface area contributed by atoms with Crippen LogP contribution >= 0.6 is 23.1 Å². The monoisotopic (exact) mass is 284 g/mol. The van der Waals surface area contributed by atoms with E-state index < -0.39 is 0 Å². The van der Waals surface area contributed by atoms with Gasteiger partial charge in [-0.15, -0.1) is 11.3 Å². The Bertz CT molecular complexity index is 419. The smallest absolute Gasteiger partial charge is 0.150 e. The molecule has 1 aromatic rings. The van der Waals surface area contributed by atoms with Gasteiger partial charge >= 0.3 is 0 Å². The minimum Gasteiger partial charge on any atom is -0.394 e. The van der Waals surface area contributed by atoms with Crippen molar-refractivity contribution in [3.8, 4) is 0 Å². The lowest BCUT2D eigenvalue weighted by atomic mass is 9.99. The highest BCUT2D eigenvalue weighted by molar-refractivity contribution is 8.01. The van der Waals surface area contributed by atoms with E-state index in [-0.39, 0.29) is 12.1 Å². The maximum atomic E-state index is 9.70. The molecule has 0 amide bonds. The fourth-order valence-electron chi connectivity index (χ4n) is 2.69. The van der Waals surface area contributed by atoms with Crippen LogP contribution in [0.15, 0.2) is 9.72 Å². The van der Waals surface area contributed by atoms with Crippen LogP contribution in [0, 0.1) is 6.92 Å². The fourth-order valence-corrected chi connectivity index (χ4v) is 5.10. The van der Waals surface area contributed by atoms with Gasteiger partial charge in [-0.25, -0.2) is 4.98 Å². The number of rotatable bonds is 5. The number of thiazole rings is 1. The number of aromatic nitrogens is 1. The Balaban J connectivity index is 1.59. The van der Waals surface area contributed by atoms with E-state index in [0.29, 0.717) is 11.3 Å². The van der Waals surface area contributed by atoms with E-state index in [1.165, 1.54) is 23.6 Å². The zero-order valence-electron chi connectivity index (χ0n) is 10.7. The topological polar surface area (TPSA) is 45.1 Å². The van der Waals surface area contributed by atoms with Crippen LogP contribution in [0.4, 0.5) is 0 Å². The molecule has 0 radical (unpaired) electrons. The predicted molar refractivity (Wildman–Crippen MR) is 76.3 cm³/mol. The Morgan fingerprint density at radius 3 is 3.00 bits per heavy atom. The second kappa shape index (κ2) is 5.12. The van der Waals surface area contributed by atoms with Gasteiger partial charge in [0.2, 0.25) is 0 Å². The zero-order chi connectivity index (χ0) is 12.6. The molecule has 2 atom stereocenters. The highest BCUT2D eigenvalue weighted by Gasteiger charge is 2.42. The van der Waals surface area contributed by atoms with Gasteiger partial charge in [0.1, 0.15) is 4.34 Å². The Hall–Kier alpha value is -0.100. The lowest BCUT2D eigenvalue weighted by Crippen LogP contribution is -2.47. The molecule has 1 heterocycles. The van der Waals surface area contributed by atoms with Crippen LogP contribution in [0.25, 0.3) is 0 Å². The molecule has 0 saturated heterocycles. The molecule has 100 valence electrons. The highest BCUT2D eigenvalue weighted by Crippen LogP contribution is 2.42. The lowest BCUT2D eigenvalue weighted by Gasteiger charge is -2.28. The minimum atomic E-state index is -0.00879. The molecule has 2 fully saturated rings. The van der Waals surface area contributed by atoms with E-state index in [0.717, 1.165) is 18.5 Å². The largest absolute Gasteiger partial charge is 0.394 e. The van der Waals surface area contributed by atoms with Crippen LogP contribution in [0.1, 0.15) is 37.8 Å². The summed E-state index contributed by atoms with van der Waals surface area (Å²) in [6.07, 6.45) is 5.92. The van der Waals surface area contributed by atoms with Crippen molar-refractivity contribution >= 4 is 23.1 Å². The molecule has 2 aliphatic carbocycles. The second-order valence-corrected chi connectivity index (χ2v) is 8.00. The van der Waals surface area contributed by atoms with Crippen molar-refractivity contribution in [2.75, 3.05) is 6.61 Å². The Morgan fingerprint density at radius 2 is 2.39 bits per heavy atom. The predicted octanol–water partition coefficient (Wildman–Crippen LogP) is 2.58. The summed E-state index contributed by atoms with van der Waals surface area (Å²) in [4.78, 5) is 4.52. The molecule has 2 aliphatic rings. The number of aryl methyl sites for hydroxylation is 1. The summed E-state index contributed by atoms with van der Waals surface area (Å²) in [5, 5.41) is 16.1. The molecule has 3 nitrogen and oxygen atoms in total. The lowest BCUT2D eigenvalue weighted by molar-refractivity contribution is 0.163. The number of hydrogen-bond acceptors (Lipinski definition) is 5. The van der Waals surface area contributed by atoms with Crippen molar-refractivity contribution in [1.29, 1.82) is 0 Å². The van der Waals surface area contributed by atoms with Gasteiger partial charge in [-0.2, -0.15) is 0 Å². The summed E-state index contributed by atoms with van der Waals surface area (Å²) in [6.45, 7) is 2.32. The van der Waals surface area contributed by atoms with Crippen LogP contribution in [0.3, 0.4) is 0 Å². The first kappa shape index (κ1) is 12.9. The summed E-state index contributed by atoms with van der Waals surface area (Å²) >= 11 is 3.63. The van der Waals surface area contributed by atoms with E-state index >= 15 is 0 Å². The highest BCUT2D eigenvalue weighted by atomic mass is 32.2. The maximum Gasteiger partial charge on any atom is 0.150 e. The molecule has 2 saturated carbocycles. The molecule has 0 aromatic carbocycles. The fraction of sp³-hybridized carbons (Fsp3) is 0.769. The van der Waals surface area contributed by atoms with Gasteiger partial charge in [-0.05, 0) is 39.0 Å². The zero-order valence-corrected chi connectivity index (χ0v) is 12.3. The summed E-state index contributed by atoms with van der Waals surface area (Å²) in [5.41, 5.74) is 1.11. The molecular weight excluding hydrogens is 264 g/mol. The first-order valence-electron chi connectivity index (χ1n) is 6.66. The van der Waals surface area contributed by atoms with Crippen molar-refractivity contribution in [3.63, 3.8) is 0 Å². The van der Waals surface area contributed by atoms with Crippen molar-refractivity contribution in [1.82, 2.24) is 10.3 Å². The van der Waals surface area contributed by atoms with E-state index in [9.17, 15) is 5.11 Å². The van der Waals surface area contributed by atoms with E-state index in [1.807, 2.05) is 18.7 Å². The molecule has 0 aliphatic heterocycles. The number of aliphatic hydroxyl groups excluding tert-OH is 1. The Morgan fingerprint density at radius 1 is 1.56 bits per heavy atom. The summed E-state index contributed by atoms with van der Waals surface area (Å²) in [6, 6.07) is 0.669. The third-order valence-electron chi connectivity index (χ3n) is 3.82. The van der Waals surface area contributed by atoms with Crippen molar-refractivity contribution in [2.45, 2.75) is 60.2 Å². The molecular formula is C13H20N2OS2. The number of nitrogens with one attached hydrogen (secondary N) is 1. The molecule has 3 rings (SSSR count).